The third-order valence-electron chi connectivity index (χ3n) is 6.64. The van der Waals surface area contributed by atoms with E-state index in [9.17, 15) is 31.3 Å². The number of imidazole rings is 1. The predicted molar refractivity (Wildman–Crippen MR) is 149 cm³/mol. The van der Waals surface area contributed by atoms with E-state index in [2.05, 4.69) is 14.7 Å². The summed E-state index contributed by atoms with van der Waals surface area (Å²) in [7, 11) is -1.40. The number of ether oxygens (including phenoxy) is 1. The van der Waals surface area contributed by atoms with Crippen molar-refractivity contribution >= 4 is 10.8 Å². The normalized spacial score (nSPS) is 12.6. The smallest absolute Gasteiger partial charge is 0.434 e. The number of oxazole rings is 1. The molecule has 43 heavy (non-hydrogen) atoms. The number of hydrogen-bond acceptors (Lipinski definition) is 6. The Morgan fingerprint density at radius 1 is 0.977 bits per heavy atom. The highest BCUT2D eigenvalue weighted by molar-refractivity contribution is 7.84. The van der Waals surface area contributed by atoms with Crippen LogP contribution < -0.4 is 4.74 Å². The Labute approximate surface area is 245 Å². The Morgan fingerprint density at radius 3 is 2.23 bits per heavy atom. The average molecular weight is 618 g/mol. The zero-order chi connectivity index (χ0) is 31.1. The molecule has 1 N–H and O–H groups in total. The Morgan fingerprint density at radius 2 is 1.63 bits per heavy atom. The molecule has 13 heteroatoms. The molecule has 0 radical (unpaired) electrons. The highest BCUT2D eigenvalue weighted by Gasteiger charge is 2.35. The molecule has 7 nitrogen and oxygen atoms in total. The molecular weight excluding hydrogens is 593 g/mol. The summed E-state index contributed by atoms with van der Waals surface area (Å²) in [5.41, 5.74) is 2.15. The van der Waals surface area contributed by atoms with Gasteiger partial charge in [-0.05, 0) is 66.1 Å². The standard InChI is InChI=1S/C30H24F5N3O4S/c1-16-36-26(30(33,34)35)14-38(16)24-11-8-19(20-4-5-21(15-39)25(13-20)43(3)40)12-23(24)27-28(41-17(2)37-27)18-6-9-22(10-7-18)42-29(31)32/h4-14,29,39H,15H2,1-3H3. The Balaban J connectivity index is 1.73. The second kappa shape index (κ2) is 11.7. The van der Waals surface area contributed by atoms with E-state index in [4.69, 9.17) is 4.42 Å². The fraction of sp³-hybridized carbons (Fsp3) is 0.200. The number of aliphatic hydroxyl groups excluding tert-OH is 1. The first-order chi connectivity index (χ1) is 20.3. The number of halogens is 5. The van der Waals surface area contributed by atoms with Gasteiger partial charge in [0.2, 0.25) is 0 Å². The van der Waals surface area contributed by atoms with Gasteiger partial charge in [0.15, 0.2) is 17.3 Å². The molecule has 224 valence electrons. The number of alkyl halides is 5. The molecule has 1 atom stereocenters. The van der Waals surface area contributed by atoms with Crippen molar-refractivity contribution in [3.05, 3.63) is 89.8 Å². The van der Waals surface area contributed by atoms with Crippen LogP contribution in [0.2, 0.25) is 0 Å². The van der Waals surface area contributed by atoms with Crippen LogP contribution >= 0.6 is 0 Å². The molecule has 0 amide bonds. The van der Waals surface area contributed by atoms with Gasteiger partial charge < -0.3 is 18.8 Å². The van der Waals surface area contributed by atoms with E-state index in [-0.39, 0.29) is 35.5 Å². The molecule has 5 aromatic rings. The quantitative estimate of drug-likeness (QED) is 0.184. The third-order valence-corrected chi connectivity index (χ3v) is 7.64. The number of hydrogen-bond donors (Lipinski definition) is 1. The maximum Gasteiger partial charge on any atom is 0.434 e. The molecule has 0 aliphatic rings. The van der Waals surface area contributed by atoms with Crippen molar-refractivity contribution in [1.82, 2.24) is 14.5 Å². The molecule has 3 aromatic carbocycles. The Hall–Kier alpha value is -4.36. The number of benzene rings is 3. The summed E-state index contributed by atoms with van der Waals surface area (Å²) in [6, 6.07) is 15.8. The number of aromatic nitrogens is 3. The van der Waals surface area contributed by atoms with Crippen LogP contribution in [-0.2, 0) is 23.6 Å². The maximum absolute atomic E-state index is 13.6. The van der Waals surface area contributed by atoms with Gasteiger partial charge in [0.25, 0.3) is 0 Å². The minimum atomic E-state index is -4.67. The molecule has 0 saturated carbocycles. The van der Waals surface area contributed by atoms with Crippen LogP contribution in [0.4, 0.5) is 22.0 Å². The Kier molecular flexibility index (Phi) is 8.21. The zero-order valence-corrected chi connectivity index (χ0v) is 23.8. The van der Waals surface area contributed by atoms with Crippen molar-refractivity contribution in [3.63, 3.8) is 0 Å². The monoisotopic (exact) mass is 617 g/mol. The van der Waals surface area contributed by atoms with E-state index in [0.29, 0.717) is 38.4 Å². The van der Waals surface area contributed by atoms with Crippen LogP contribution in [0, 0.1) is 13.8 Å². The molecule has 0 aliphatic carbocycles. The van der Waals surface area contributed by atoms with Gasteiger partial charge in [0.05, 0.1) is 23.1 Å². The largest absolute Gasteiger partial charge is 0.440 e. The summed E-state index contributed by atoms with van der Waals surface area (Å²) in [4.78, 5) is 8.70. The molecule has 2 heterocycles. The number of rotatable bonds is 8. The minimum Gasteiger partial charge on any atom is -0.440 e. The van der Waals surface area contributed by atoms with Crippen LogP contribution in [0.15, 0.2) is 76.2 Å². The minimum absolute atomic E-state index is 0.0663. The third kappa shape index (κ3) is 6.22. The second-order valence-corrected chi connectivity index (χ2v) is 10.9. The lowest BCUT2D eigenvalue weighted by atomic mass is 9.97. The van der Waals surface area contributed by atoms with Crippen molar-refractivity contribution in [3.8, 4) is 45.1 Å². The second-order valence-electron chi connectivity index (χ2n) is 9.52. The van der Waals surface area contributed by atoms with E-state index in [1.165, 1.54) is 42.0 Å². The number of nitrogens with zero attached hydrogens (tertiary/aromatic N) is 3. The van der Waals surface area contributed by atoms with Gasteiger partial charge in [-0.25, -0.2) is 9.97 Å². The first-order valence-corrected chi connectivity index (χ1v) is 14.3. The van der Waals surface area contributed by atoms with Gasteiger partial charge in [-0.3, -0.25) is 4.21 Å². The summed E-state index contributed by atoms with van der Waals surface area (Å²) >= 11 is 0. The van der Waals surface area contributed by atoms with Gasteiger partial charge in [-0.1, -0.05) is 18.2 Å². The molecular formula is C30H24F5N3O4S. The van der Waals surface area contributed by atoms with Gasteiger partial charge >= 0.3 is 12.8 Å². The maximum atomic E-state index is 13.6. The summed E-state index contributed by atoms with van der Waals surface area (Å²) in [6.45, 7) is -0.258. The predicted octanol–water partition coefficient (Wildman–Crippen LogP) is 7.33. The van der Waals surface area contributed by atoms with E-state index in [1.54, 1.807) is 43.3 Å². The zero-order valence-electron chi connectivity index (χ0n) is 22.9. The van der Waals surface area contributed by atoms with Crippen LogP contribution in [0.5, 0.6) is 5.75 Å². The summed E-state index contributed by atoms with van der Waals surface area (Å²) in [5, 5.41) is 9.68. The van der Waals surface area contributed by atoms with Crippen molar-refractivity contribution < 1.29 is 40.4 Å². The van der Waals surface area contributed by atoms with E-state index >= 15 is 0 Å². The van der Waals surface area contributed by atoms with Crippen molar-refractivity contribution in [2.75, 3.05) is 6.26 Å². The molecule has 2 aromatic heterocycles. The van der Waals surface area contributed by atoms with Crippen LogP contribution in [0.25, 0.3) is 39.4 Å². The van der Waals surface area contributed by atoms with Crippen molar-refractivity contribution in [1.29, 1.82) is 0 Å². The molecule has 5 rings (SSSR count). The molecule has 0 saturated heterocycles. The first kappa shape index (κ1) is 30.1. The topological polar surface area (TPSA) is 90.4 Å². The van der Waals surface area contributed by atoms with Gasteiger partial charge in [0.1, 0.15) is 17.3 Å². The van der Waals surface area contributed by atoms with Gasteiger partial charge in [-0.15, -0.1) is 0 Å². The Bertz CT molecular complexity index is 1810. The van der Waals surface area contributed by atoms with Crippen LogP contribution in [-0.4, -0.2) is 36.7 Å². The first-order valence-electron chi connectivity index (χ1n) is 12.7. The molecule has 1 unspecified atom stereocenters. The highest BCUT2D eigenvalue weighted by atomic mass is 32.2. The number of aliphatic hydroxyl groups is 1. The van der Waals surface area contributed by atoms with Crippen molar-refractivity contribution in [2.45, 2.75) is 38.1 Å². The highest BCUT2D eigenvalue weighted by Crippen LogP contribution is 2.40. The van der Waals surface area contributed by atoms with Gasteiger partial charge in [-0.2, -0.15) is 22.0 Å². The SMILES string of the molecule is Cc1nc(-c2cc(-c3ccc(CO)c(S(C)=O)c3)ccc2-n2cc(C(F)(F)F)nc2C)c(-c2ccc(OC(F)F)cc2)o1. The summed E-state index contributed by atoms with van der Waals surface area (Å²) < 4.78 is 90.1. The summed E-state index contributed by atoms with van der Waals surface area (Å²) in [5.74, 6) is 0.513. The van der Waals surface area contributed by atoms with Gasteiger partial charge in [0, 0.05) is 35.4 Å². The van der Waals surface area contributed by atoms with Crippen LogP contribution in [0.1, 0.15) is 23.0 Å². The lowest BCUT2D eigenvalue weighted by Crippen LogP contribution is -2.05. The molecule has 0 spiro atoms. The lowest BCUT2D eigenvalue weighted by molar-refractivity contribution is -0.141. The average Bonchev–Trinajstić information content (AvgIpc) is 3.55. The van der Waals surface area contributed by atoms with E-state index in [1.807, 2.05) is 0 Å². The number of aryl methyl sites for hydroxylation is 2. The summed E-state index contributed by atoms with van der Waals surface area (Å²) in [6.07, 6.45) is -2.28. The van der Waals surface area contributed by atoms with E-state index < -0.39 is 29.3 Å². The van der Waals surface area contributed by atoms with E-state index in [0.717, 1.165) is 6.20 Å². The van der Waals surface area contributed by atoms with Crippen LogP contribution in [0.3, 0.4) is 0 Å². The molecule has 0 aliphatic heterocycles. The molecule has 0 fully saturated rings. The van der Waals surface area contributed by atoms with Crippen molar-refractivity contribution in [2.24, 2.45) is 0 Å². The fourth-order valence-corrected chi connectivity index (χ4v) is 5.49. The lowest BCUT2D eigenvalue weighted by Gasteiger charge is -2.15. The fourth-order valence-electron chi connectivity index (χ4n) is 4.69. The molecule has 0 bridgehead atoms.